The Bertz CT molecular complexity index is 1220. The predicted molar refractivity (Wildman–Crippen MR) is 221 cm³/mol. The van der Waals surface area contributed by atoms with E-state index < -0.39 is 13.5 Å². The molecule has 3 saturated carbocycles. The second-order valence-electron chi connectivity index (χ2n) is 15.2. The van der Waals surface area contributed by atoms with Gasteiger partial charge in [-0.3, -0.25) is 0 Å². The van der Waals surface area contributed by atoms with Crippen molar-refractivity contribution in [1.29, 1.82) is 0 Å². The quantitative estimate of drug-likeness (QED) is 0.106. The number of nitrogens with zero attached hydrogens (tertiary/aromatic N) is 2. The molecular weight excluding hydrogens is 763 g/mol. The van der Waals surface area contributed by atoms with E-state index in [0.717, 1.165) is 24.9 Å². The fraction of sp³-hybridized carbons (Fsp3) is 0.628. The van der Waals surface area contributed by atoms with Crippen LogP contribution in [0, 0.1) is 27.4 Å². The maximum absolute atomic E-state index is 8.77. The van der Waals surface area contributed by atoms with Crippen LogP contribution in [0.5, 0.6) is 0 Å². The summed E-state index contributed by atoms with van der Waals surface area (Å²) in [6, 6.07) is 14.4. The summed E-state index contributed by atoms with van der Waals surface area (Å²) in [7, 11) is 11.3. The van der Waals surface area contributed by atoms with Crippen molar-refractivity contribution in [3.8, 4) is 0 Å². The predicted octanol–water partition coefficient (Wildman–Crippen LogP) is 12.8. The van der Waals surface area contributed by atoms with Gasteiger partial charge in [0, 0.05) is 20.2 Å². The fourth-order valence-corrected chi connectivity index (χ4v) is 16.0. The van der Waals surface area contributed by atoms with Gasteiger partial charge in [0.2, 0.25) is 0 Å². The van der Waals surface area contributed by atoms with E-state index in [9.17, 15) is 0 Å². The number of hydrogen-bond donors (Lipinski definition) is 1. The standard InChI is InChI=1S/C18H27N2O.C18H33P.C7H6.2ClH.Ru/c1-15-12-16(2)18(17(3)13-15)20-10-9-19(14-20)8-6-4-5-7-11-21;1-4-10-16(11-5-1)19(17-12-6-2-7-13-17)18-14-8-3-9-15-18;1-7-5-3-2-4-6-7;;;/h9-10,12-14,21H,4-8,11H2,1-3H3;16-18H,1-15H2;1-6H;2*1H;/q-1;;;;;+2/p-1. The van der Waals surface area contributed by atoms with Crippen LogP contribution < -0.4 is 4.90 Å². The normalized spacial score (nSPS) is 19.1. The van der Waals surface area contributed by atoms with E-state index in [1.165, 1.54) is 52.2 Å². The Morgan fingerprint density at radius 3 is 1.70 bits per heavy atom. The Morgan fingerprint density at radius 2 is 1.22 bits per heavy atom. The molecular formula is C43H67Cl2N2OPRu. The topological polar surface area (TPSA) is 26.7 Å². The molecule has 4 aliphatic rings. The van der Waals surface area contributed by atoms with Gasteiger partial charge in [-0.1, -0.05) is 49.8 Å². The molecule has 282 valence electrons. The molecule has 3 nitrogen and oxygen atoms in total. The van der Waals surface area contributed by atoms with Crippen LogP contribution in [0.1, 0.15) is 144 Å². The van der Waals surface area contributed by atoms with Gasteiger partial charge in [-0.25, -0.2) is 0 Å². The molecule has 1 aliphatic heterocycles. The van der Waals surface area contributed by atoms with Gasteiger partial charge in [0.15, 0.2) is 0 Å². The van der Waals surface area contributed by atoms with E-state index >= 15 is 0 Å². The van der Waals surface area contributed by atoms with Gasteiger partial charge in [-0.2, -0.15) is 6.67 Å². The summed E-state index contributed by atoms with van der Waals surface area (Å²) in [6.07, 6.45) is 32.5. The van der Waals surface area contributed by atoms with E-state index in [2.05, 4.69) is 61.8 Å². The minimum absolute atomic E-state index is 0.0465. The van der Waals surface area contributed by atoms with Gasteiger partial charge in [0.25, 0.3) is 0 Å². The molecule has 3 fully saturated rings. The average molecular weight is 831 g/mol. The van der Waals surface area contributed by atoms with Crippen LogP contribution in [0.2, 0.25) is 0 Å². The van der Waals surface area contributed by atoms with Gasteiger partial charge in [0.05, 0.1) is 17.0 Å². The Morgan fingerprint density at radius 1 is 0.720 bits per heavy atom. The molecule has 0 atom stereocenters. The first-order valence-corrected chi connectivity index (χ1v) is 27.1. The molecule has 1 N–H and O–H groups in total. The zero-order chi connectivity index (χ0) is 35.6. The van der Waals surface area contributed by atoms with Gasteiger partial charge < -0.3 is 14.9 Å². The van der Waals surface area contributed by atoms with E-state index in [4.69, 9.17) is 24.5 Å². The number of anilines is 1. The Hall–Kier alpha value is -0.757. The molecule has 50 heavy (non-hydrogen) atoms. The van der Waals surface area contributed by atoms with Gasteiger partial charge in [0.1, 0.15) is 0 Å². The first kappa shape index (κ1) is 42.0. The number of aliphatic hydroxyl groups excluding tert-OH is 1. The zero-order valence-electron chi connectivity index (χ0n) is 31.4. The molecule has 0 aromatic heterocycles. The Labute approximate surface area is 320 Å². The monoisotopic (exact) mass is 830 g/mol. The van der Waals surface area contributed by atoms with Crippen LogP contribution >= 0.6 is 27.3 Å². The molecule has 7 heteroatoms. The summed E-state index contributed by atoms with van der Waals surface area (Å²) in [4.78, 5) is 4.47. The van der Waals surface area contributed by atoms with Crippen LogP contribution in [-0.4, -0.2) is 44.7 Å². The third kappa shape index (κ3) is 14.6. The molecule has 0 bridgehead atoms. The number of halogens is 2. The Balaban J connectivity index is 0.000000179. The van der Waals surface area contributed by atoms with Crippen LogP contribution in [0.15, 0.2) is 54.9 Å². The van der Waals surface area contributed by atoms with Crippen molar-refractivity contribution < 1.29 is 18.6 Å². The molecule has 3 aliphatic carbocycles. The molecule has 0 spiro atoms. The molecule has 0 unspecified atom stereocenters. The van der Waals surface area contributed by atoms with E-state index in [1.54, 1.807) is 96.3 Å². The van der Waals surface area contributed by atoms with Crippen LogP contribution in [0.3, 0.4) is 0 Å². The summed E-state index contributed by atoms with van der Waals surface area (Å²) in [6.45, 7) is 10.0. The minimum atomic E-state index is -1.61. The average Bonchev–Trinajstić information content (AvgIpc) is 3.58. The third-order valence-corrected chi connectivity index (χ3v) is 17.6. The SMILES string of the molecule is C1CCC([PH+](C2CCCCC2)C2CCCCC2)CC1.Cc1cc(C)c(N2C=CN(CCCCCCO)[CH-]2)c(C)c1.[Cl][Ru]([Cl])=[CH]c1ccccc1. The third-order valence-electron chi connectivity index (χ3n) is 11.1. The van der Waals surface area contributed by atoms with Crippen molar-refractivity contribution in [3.05, 3.63) is 83.8 Å². The summed E-state index contributed by atoms with van der Waals surface area (Å²) in [5.74, 6) is 0. The van der Waals surface area contributed by atoms with E-state index in [-0.39, 0.29) is 7.92 Å². The van der Waals surface area contributed by atoms with Gasteiger partial charge >= 0.3 is 73.4 Å². The van der Waals surface area contributed by atoms with Crippen LogP contribution in [0.25, 0.3) is 0 Å². The van der Waals surface area contributed by atoms with Crippen molar-refractivity contribution in [2.24, 2.45) is 0 Å². The molecule has 0 amide bonds. The van der Waals surface area contributed by atoms with Gasteiger partial charge in [-0.05, 0) is 141 Å². The molecule has 6 rings (SSSR count). The van der Waals surface area contributed by atoms with Crippen molar-refractivity contribution in [2.75, 3.05) is 18.1 Å². The zero-order valence-corrected chi connectivity index (χ0v) is 35.6. The summed E-state index contributed by atoms with van der Waals surface area (Å²) in [5.41, 5.74) is 10.0. The number of rotatable bonds is 11. The molecule has 1 heterocycles. The second kappa shape index (κ2) is 23.8. The number of aryl methyl sites for hydroxylation is 3. The number of hydrogen-bond acceptors (Lipinski definition) is 3. The maximum atomic E-state index is 8.77. The van der Waals surface area contributed by atoms with Crippen LogP contribution in [0.4, 0.5) is 5.69 Å². The molecule has 0 saturated heterocycles. The second-order valence-corrected chi connectivity index (χ2v) is 24.3. The summed E-state index contributed by atoms with van der Waals surface area (Å²) < 4.78 is 1.92. The van der Waals surface area contributed by atoms with Crippen molar-refractivity contribution >= 4 is 37.6 Å². The van der Waals surface area contributed by atoms with Gasteiger partial charge in [-0.15, -0.1) is 0 Å². The van der Waals surface area contributed by atoms with Crippen molar-refractivity contribution in [1.82, 2.24) is 4.90 Å². The Kier molecular flexibility index (Phi) is 20.0. The number of aliphatic hydroxyl groups is 1. The van der Waals surface area contributed by atoms with Crippen LogP contribution in [-0.2, 0) is 13.5 Å². The first-order valence-electron chi connectivity index (χ1n) is 19.9. The summed E-state index contributed by atoms with van der Waals surface area (Å²) in [5, 5.41) is 8.77. The molecule has 0 radical (unpaired) electrons. The fourth-order valence-electron chi connectivity index (χ4n) is 8.92. The van der Waals surface area contributed by atoms with E-state index in [1.807, 2.05) is 34.9 Å². The van der Waals surface area contributed by atoms with E-state index in [0.29, 0.717) is 6.61 Å². The molecule has 2 aromatic carbocycles. The summed E-state index contributed by atoms with van der Waals surface area (Å²) >= 11 is -1.61. The van der Waals surface area contributed by atoms with Crippen molar-refractivity contribution in [2.45, 2.75) is 160 Å². The molecule has 2 aromatic rings. The number of benzene rings is 2. The first-order chi connectivity index (χ1) is 24.4. The van der Waals surface area contributed by atoms with Crippen molar-refractivity contribution in [3.63, 3.8) is 0 Å². The number of unbranched alkanes of at least 4 members (excludes halogenated alkanes) is 3.